The zero-order valence-electron chi connectivity index (χ0n) is 33.2. The standard InChI is InChI=1S/C58H38N2S/c1-3-15-39(16-4-1)43-20-13-21-44(37-43)40-29-33-46(34-30-40)59(55-38-45-19-7-8-22-48(45)50-23-9-10-24-51(50)55)47-35-31-41(32-36-47)49-26-14-28-54-57(49)61-58-56(42-17-5-2-6-18-42)52-25-11-12-27-53(52)60(54)58/h1-38H. The molecule has 0 N–H and O–H groups in total. The second-order valence-corrected chi connectivity index (χ2v) is 16.7. The number of aromatic nitrogens is 1. The van der Waals surface area contributed by atoms with Crippen molar-refractivity contribution >= 4 is 75.9 Å². The molecular weight excluding hydrogens is 757 g/mol. The van der Waals surface area contributed by atoms with E-state index in [1.807, 2.05) is 11.3 Å². The van der Waals surface area contributed by atoms with Crippen LogP contribution in [0.5, 0.6) is 0 Å². The molecule has 0 aliphatic carbocycles. The molecular formula is C58H38N2S. The number of anilines is 3. The maximum Gasteiger partial charge on any atom is 0.109 e. The summed E-state index contributed by atoms with van der Waals surface area (Å²) >= 11 is 1.89. The summed E-state index contributed by atoms with van der Waals surface area (Å²) in [6, 6.07) is 84.0. The minimum absolute atomic E-state index is 1.10. The molecule has 0 atom stereocenters. The molecule has 10 aromatic carbocycles. The number of hydrogen-bond acceptors (Lipinski definition) is 2. The van der Waals surface area contributed by atoms with E-state index in [1.54, 1.807) is 0 Å². The average molecular weight is 795 g/mol. The SMILES string of the molecule is c1ccc(-c2cccc(-c3ccc(N(c4ccc(-c5cccc6c5sc5c(-c7ccccc7)c7ccccc7n56)cc4)c4cc5ccccc5c5ccccc45)cc3)c2)cc1. The molecule has 0 radical (unpaired) electrons. The van der Waals surface area contributed by atoms with E-state index in [-0.39, 0.29) is 0 Å². The number of benzene rings is 10. The Morgan fingerprint density at radius 2 is 0.869 bits per heavy atom. The second kappa shape index (κ2) is 14.5. The smallest absolute Gasteiger partial charge is 0.109 e. The molecule has 0 fully saturated rings. The molecule has 0 amide bonds. The van der Waals surface area contributed by atoms with E-state index in [2.05, 4.69) is 240 Å². The molecule has 2 aromatic heterocycles. The van der Waals surface area contributed by atoms with Gasteiger partial charge in [-0.3, -0.25) is 4.40 Å². The van der Waals surface area contributed by atoms with Gasteiger partial charge in [-0.05, 0) is 98.1 Å². The number of nitrogens with zero attached hydrogens (tertiary/aromatic N) is 2. The van der Waals surface area contributed by atoms with Gasteiger partial charge in [-0.1, -0.05) is 182 Å². The zero-order valence-corrected chi connectivity index (χ0v) is 34.1. The van der Waals surface area contributed by atoms with Gasteiger partial charge in [0, 0.05) is 33.3 Å². The Kier molecular flexibility index (Phi) is 8.39. The summed E-state index contributed by atoms with van der Waals surface area (Å²) < 4.78 is 3.75. The van der Waals surface area contributed by atoms with Crippen molar-refractivity contribution < 1.29 is 0 Å². The summed E-state index contributed by atoms with van der Waals surface area (Å²) in [4.78, 5) is 3.70. The van der Waals surface area contributed by atoms with Gasteiger partial charge < -0.3 is 4.90 Å². The van der Waals surface area contributed by atoms with Crippen LogP contribution in [-0.4, -0.2) is 4.40 Å². The second-order valence-electron chi connectivity index (χ2n) is 15.7. The summed E-state index contributed by atoms with van der Waals surface area (Å²) in [5.74, 6) is 0. The summed E-state index contributed by atoms with van der Waals surface area (Å²) in [7, 11) is 0. The van der Waals surface area contributed by atoms with Crippen molar-refractivity contribution in [1.82, 2.24) is 4.40 Å². The van der Waals surface area contributed by atoms with Gasteiger partial charge in [0.15, 0.2) is 0 Å². The highest BCUT2D eigenvalue weighted by Gasteiger charge is 2.21. The lowest BCUT2D eigenvalue weighted by Crippen LogP contribution is -2.10. The van der Waals surface area contributed by atoms with Crippen molar-refractivity contribution in [3.8, 4) is 44.5 Å². The first kappa shape index (κ1) is 35.2. The quantitative estimate of drug-likeness (QED) is 0.146. The van der Waals surface area contributed by atoms with Gasteiger partial charge in [-0.25, -0.2) is 0 Å². The Balaban J connectivity index is 0.995. The molecule has 12 rings (SSSR count). The predicted octanol–water partition coefficient (Wildman–Crippen LogP) is 16.8. The fourth-order valence-corrected chi connectivity index (χ4v) is 10.7. The molecule has 286 valence electrons. The summed E-state index contributed by atoms with van der Waals surface area (Å²) in [5, 5.41) is 6.22. The maximum atomic E-state index is 2.46. The molecule has 2 nitrogen and oxygen atoms in total. The van der Waals surface area contributed by atoms with E-state index in [0.717, 1.165) is 17.1 Å². The molecule has 0 saturated heterocycles. The van der Waals surface area contributed by atoms with Crippen molar-refractivity contribution in [2.24, 2.45) is 0 Å². The molecule has 0 spiro atoms. The minimum atomic E-state index is 1.10. The van der Waals surface area contributed by atoms with Crippen LogP contribution >= 0.6 is 11.3 Å². The molecule has 0 bridgehead atoms. The predicted molar refractivity (Wildman–Crippen MR) is 262 cm³/mol. The lowest BCUT2D eigenvalue weighted by atomic mass is 9.97. The van der Waals surface area contributed by atoms with E-state index >= 15 is 0 Å². The minimum Gasteiger partial charge on any atom is -0.310 e. The summed E-state index contributed by atoms with van der Waals surface area (Å²) in [5.41, 5.74) is 15.6. The third-order valence-electron chi connectivity index (χ3n) is 12.2. The van der Waals surface area contributed by atoms with Crippen LogP contribution in [0.3, 0.4) is 0 Å². The van der Waals surface area contributed by atoms with Crippen LogP contribution in [0, 0.1) is 0 Å². The number of para-hydroxylation sites is 1. The van der Waals surface area contributed by atoms with Crippen LogP contribution in [-0.2, 0) is 0 Å². The lowest BCUT2D eigenvalue weighted by Gasteiger charge is -2.28. The van der Waals surface area contributed by atoms with Gasteiger partial charge in [0.05, 0.1) is 21.4 Å². The van der Waals surface area contributed by atoms with E-state index < -0.39 is 0 Å². The molecule has 0 aliphatic heterocycles. The number of hydrogen-bond donors (Lipinski definition) is 0. The Hall–Kier alpha value is -7.72. The fourth-order valence-electron chi connectivity index (χ4n) is 9.32. The van der Waals surface area contributed by atoms with Gasteiger partial charge in [-0.2, -0.15) is 0 Å². The third-order valence-corrected chi connectivity index (χ3v) is 13.4. The van der Waals surface area contributed by atoms with Crippen molar-refractivity contribution in [1.29, 1.82) is 0 Å². The number of thiazole rings is 1. The summed E-state index contributed by atoms with van der Waals surface area (Å²) in [6.45, 7) is 0. The molecule has 0 saturated carbocycles. The lowest BCUT2D eigenvalue weighted by molar-refractivity contribution is 1.30. The maximum absolute atomic E-state index is 2.46. The highest BCUT2D eigenvalue weighted by molar-refractivity contribution is 7.25. The Morgan fingerprint density at radius 3 is 1.59 bits per heavy atom. The van der Waals surface area contributed by atoms with Crippen molar-refractivity contribution in [3.05, 3.63) is 231 Å². The monoisotopic (exact) mass is 794 g/mol. The molecule has 0 unspecified atom stereocenters. The first-order chi connectivity index (χ1) is 30.3. The summed E-state index contributed by atoms with van der Waals surface area (Å²) in [6.07, 6.45) is 0. The largest absolute Gasteiger partial charge is 0.310 e. The fraction of sp³-hybridized carbons (Fsp3) is 0. The van der Waals surface area contributed by atoms with Crippen molar-refractivity contribution in [2.45, 2.75) is 0 Å². The van der Waals surface area contributed by atoms with Crippen LogP contribution in [0.4, 0.5) is 17.1 Å². The van der Waals surface area contributed by atoms with Crippen LogP contribution < -0.4 is 4.90 Å². The van der Waals surface area contributed by atoms with Crippen LogP contribution in [0.1, 0.15) is 0 Å². The topological polar surface area (TPSA) is 7.65 Å². The highest BCUT2D eigenvalue weighted by atomic mass is 32.1. The van der Waals surface area contributed by atoms with E-state index in [9.17, 15) is 0 Å². The third kappa shape index (κ3) is 5.93. The normalized spacial score (nSPS) is 11.6. The van der Waals surface area contributed by atoms with Gasteiger partial charge in [0.1, 0.15) is 4.83 Å². The van der Waals surface area contributed by atoms with Crippen LogP contribution in [0.25, 0.3) is 92.0 Å². The first-order valence-corrected chi connectivity index (χ1v) is 21.7. The Morgan fingerprint density at radius 1 is 0.344 bits per heavy atom. The van der Waals surface area contributed by atoms with Gasteiger partial charge >= 0.3 is 0 Å². The van der Waals surface area contributed by atoms with Crippen molar-refractivity contribution in [2.75, 3.05) is 4.90 Å². The van der Waals surface area contributed by atoms with Crippen LogP contribution in [0.2, 0.25) is 0 Å². The number of fused-ring (bicyclic) bond motifs is 8. The first-order valence-electron chi connectivity index (χ1n) is 20.8. The Bertz CT molecular complexity index is 3560. The van der Waals surface area contributed by atoms with Gasteiger partial charge in [0.25, 0.3) is 0 Å². The van der Waals surface area contributed by atoms with E-state index in [4.69, 9.17) is 0 Å². The van der Waals surface area contributed by atoms with Crippen molar-refractivity contribution in [3.63, 3.8) is 0 Å². The molecule has 12 aromatic rings. The molecule has 3 heteroatoms. The van der Waals surface area contributed by atoms with E-state index in [0.29, 0.717) is 0 Å². The van der Waals surface area contributed by atoms with E-state index in [1.165, 1.54) is 92.0 Å². The van der Waals surface area contributed by atoms with Gasteiger partial charge in [0.2, 0.25) is 0 Å². The zero-order chi connectivity index (χ0) is 40.3. The van der Waals surface area contributed by atoms with Crippen LogP contribution in [0.15, 0.2) is 231 Å². The Labute approximate surface area is 358 Å². The van der Waals surface area contributed by atoms with Gasteiger partial charge in [-0.15, -0.1) is 11.3 Å². The molecule has 2 heterocycles. The molecule has 61 heavy (non-hydrogen) atoms. The highest BCUT2D eigenvalue weighted by Crippen LogP contribution is 2.46. The average Bonchev–Trinajstić information content (AvgIpc) is 3.88. The number of rotatable bonds is 7. The molecule has 0 aliphatic rings.